The third-order valence-corrected chi connectivity index (χ3v) is 6.26. The Hall–Kier alpha value is -2.95. The van der Waals surface area contributed by atoms with Gasteiger partial charge in [-0.2, -0.15) is 0 Å². The van der Waals surface area contributed by atoms with Crippen LogP contribution in [0, 0.1) is 0 Å². The van der Waals surface area contributed by atoms with Gasteiger partial charge in [0.15, 0.2) is 0 Å². The zero-order valence-electron chi connectivity index (χ0n) is 18.6. The number of carboxylic acids is 1. The van der Waals surface area contributed by atoms with Gasteiger partial charge in [0, 0.05) is 26.2 Å². The summed E-state index contributed by atoms with van der Waals surface area (Å²) in [5, 5.41) is 9.06. The number of aromatic carboxylic acids is 1. The lowest BCUT2D eigenvalue weighted by atomic mass is 10.0. The van der Waals surface area contributed by atoms with Crippen LogP contribution in [0.3, 0.4) is 0 Å². The molecule has 0 aromatic heterocycles. The van der Waals surface area contributed by atoms with Crippen molar-refractivity contribution >= 4 is 5.97 Å². The molecule has 166 valence electrons. The van der Waals surface area contributed by atoms with E-state index in [1.165, 1.54) is 22.3 Å². The van der Waals surface area contributed by atoms with E-state index >= 15 is 0 Å². The van der Waals surface area contributed by atoms with Crippen molar-refractivity contribution in [3.05, 3.63) is 107 Å². The van der Waals surface area contributed by atoms with Crippen LogP contribution in [0.1, 0.15) is 39.0 Å². The van der Waals surface area contributed by atoms with Gasteiger partial charge in [0.2, 0.25) is 0 Å². The molecule has 0 bridgehead atoms. The van der Waals surface area contributed by atoms with Crippen LogP contribution in [0.2, 0.25) is 0 Å². The van der Waals surface area contributed by atoms with Crippen molar-refractivity contribution in [3.63, 3.8) is 0 Å². The molecular weight excluding hydrogens is 396 g/mol. The Morgan fingerprint density at radius 1 is 0.625 bits per heavy atom. The monoisotopic (exact) mass is 428 g/mol. The number of benzene rings is 3. The molecule has 1 aliphatic heterocycles. The Bertz CT molecular complexity index is 984. The Kier molecular flexibility index (Phi) is 7.70. The largest absolute Gasteiger partial charge is 0.478 e. The van der Waals surface area contributed by atoms with Crippen molar-refractivity contribution in [1.29, 1.82) is 0 Å². The second-order valence-electron chi connectivity index (χ2n) is 8.71. The molecule has 4 rings (SSSR count). The van der Waals surface area contributed by atoms with Gasteiger partial charge in [-0.15, -0.1) is 0 Å². The molecule has 0 radical (unpaired) electrons. The van der Waals surface area contributed by atoms with Gasteiger partial charge < -0.3 is 5.11 Å². The van der Waals surface area contributed by atoms with Crippen LogP contribution in [-0.2, 0) is 25.9 Å². The lowest BCUT2D eigenvalue weighted by molar-refractivity contribution is 0.0697. The highest BCUT2D eigenvalue weighted by Gasteiger charge is 2.15. The number of carboxylic acid groups (broad SMARTS) is 1. The topological polar surface area (TPSA) is 43.8 Å². The quantitative estimate of drug-likeness (QED) is 0.555. The van der Waals surface area contributed by atoms with Gasteiger partial charge in [-0.25, -0.2) is 4.79 Å². The van der Waals surface area contributed by atoms with Crippen molar-refractivity contribution in [2.75, 3.05) is 26.2 Å². The molecule has 1 N–H and O–H groups in total. The maximum absolute atomic E-state index is 11.0. The molecule has 4 heteroatoms. The lowest BCUT2D eigenvalue weighted by Crippen LogP contribution is -2.30. The molecule has 0 unspecified atom stereocenters. The first kappa shape index (κ1) is 22.3. The molecule has 1 aliphatic rings. The first-order valence-electron chi connectivity index (χ1n) is 11.5. The summed E-state index contributed by atoms with van der Waals surface area (Å²) in [7, 11) is 0. The van der Waals surface area contributed by atoms with E-state index in [-0.39, 0.29) is 0 Å². The smallest absolute Gasteiger partial charge is 0.335 e. The highest BCUT2D eigenvalue weighted by atomic mass is 16.4. The van der Waals surface area contributed by atoms with Crippen molar-refractivity contribution in [2.24, 2.45) is 0 Å². The molecule has 0 spiro atoms. The molecule has 0 amide bonds. The summed E-state index contributed by atoms with van der Waals surface area (Å²) in [6.07, 6.45) is 3.32. The molecule has 0 atom stereocenters. The summed E-state index contributed by atoms with van der Waals surface area (Å²) in [4.78, 5) is 16.1. The number of hydrogen-bond donors (Lipinski definition) is 1. The molecule has 0 aliphatic carbocycles. The fraction of sp³-hybridized carbons (Fsp3) is 0.321. The van der Waals surface area contributed by atoms with Gasteiger partial charge in [-0.3, -0.25) is 9.80 Å². The van der Waals surface area contributed by atoms with E-state index in [9.17, 15) is 4.79 Å². The van der Waals surface area contributed by atoms with Crippen LogP contribution in [0.4, 0.5) is 0 Å². The highest BCUT2D eigenvalue weighted by molar-refractivity contribution is 5.87. The van der Waals surface area contributed by atoms with Gasteiger partial charge in [0.05, 0.1) is 5.56 Å². The minimum Gasteiger partial charge on any atom is -0.478 e. The van der Waals surface area contributed by atoms with E-state index < -0.39 is 5.97 Å². The van der Waals surface area contributed by atoms with Gasteiger partial charge in [0.1, 0.15) is 0 Å². The summed E-state index contributed by atoms with van der Waals surface area (Å²) < 4.78 is 0. The molecule has 1 heterocycles. The molecule has 4 nitrogen and oxygen atoms in total. The predicted molar refractivity (Wildman–Crippen MR) is 129 cm³/mol. The maximum atomic E-state index is 11.0. The van der Waals surface area contributed by atoms with Crippen molar-refractivity contribution < 1.29 is 9.90 Å². The minimum absolute atomic E-state index is 0.349. The van der Waals surface area contributed by atoms with Gasteiger partial charge in [0.25, 0.3) is 0 Å². The molecule has 3 aromatic carbocycles. The Morgan fingerprint density at radius 2 is 1.09 bits per heavy atom. The van der Waals surface area contributed by atoms with E-state index in [0.717, 1.165) is 58.5 Å². The molecule has 3 aromatic rings. The molecule has 1 fully saturated rings. The fourth-order valence-electron chi connectivity index (χ4n) is 4.35. The third kappa shape index (κ3) is 6.52. The molecule has 32 heavy (non-hydrogen) atoms. The molecule has 0 saturated carbocycles. The van der Waals surface area contributed by atoms with Crippen LogP contribution in [0.5, 0.6) is 0 Å². The Balaban J connectivity index is 1.24. The van der Waals surface area contributed by atoms with Crippen LogP contribution >= 0.6 is 0 Å². The second kappa shape index (κ2) is 11.1. The zero-order valence-corrected chi connectivity index (χ0v) is 18.6. The molecular formula is C28H32N2O2. The average molecular weight is 429 g/mol. The highest BCUT2D eigenvalue weighted by Crippen LogP contribution is 2.14. The number of hydrogen-bond acceptors (Lipinski definition) is 3. The van der Waals surface area contributed by atoms with E-state index in [1.54, 1.807) is 12.1 Å². The van der Waals surface area contributed by atoms with Crippen LogP contribution in [0.15, 0.2) is 78.9 Å². The van der Waals surface area contributed by atoms with Crippen molar-refractivity contribution in [1.82, 2.24) is 9.80 Å². The SMILES string of the molecule is O=C(O)c1ccc(CN2CCCN(Cc3ccc(CCc4ccccc4)cc3)CC2)cc1. The Morgan fingerprint density at radius 3 is 1.62 bits per heavy atom. The summed E-state index contributed by atoms with van der Waals surface area (Å²) in [6.45, 7) is 6.17. The number of nitrogens with zero attached hydrogens (tertiary/aromatic N) is 2. The normalized spacial score (nSPS) is 15.4. The van der Waals surface area contributed by atoms with Gasteiger partial charge in [-0.1, -0.05) is 66.7 Å². The lowest BCUT2D eigenvalue weighted by Gasteiger charge is -2.22. The van der Waals surface area contributed by atoms with E-state index in [1.807, 2.05) is 12.1 Å². The minimum atomic E-state index is -0.869. The average Bonchev–Trinajstić information content (AvgIpc) is 3.04. The number of rotatable bonds is 8. The number of carbonyl (C=O) groups is 1. The van der Waals surface area contributed by atoms with Crippen LogP contribution in [-0.4, -0.2) is 47.1 Å². The first-order chi connectivity index (χ1) is 15.7. The van der Waals surface area contributed by atoms with Gasteiger partial charge >= 0.3 is 5.97 Å². The fourth-order valence-corrected chi connectivity index (χ4v) is 4.35. The second-order valence-corrected chi connectivity index (χ2v) is 8.71. The van der Waals surface area contributed by atoms with Gasteiger partial charge in [-0.05, 0) is 66.7 Å². The standard InChI is InChI=1S/C28H32N2O2/c31-28(32)27-15-13-26(14-16-27)22-30-18-4-17-29(19-20-30)21-25-11-9-24(10-12-25)8-7-23-5-2-1-3-6-23/h1-3,5-6,9-16H,4,7-8,17-22H2,(H,31,32). The summed E-state index contributed by atoms with van der Waals surface area (Å²) >= 11 is 0. The van der Waals surface area contributed by atoms with Crippen LogP contribution in [0.25, 0.3) is 0 Å². The maximum Gasteiger partial charge on any atom is 0.335 e. The summed E-state index contributed by atoms with van der Waals surface area (Å²) in [5.41, 5.74) is 5.69. The van der Waals surface area contributed by atoms with Crippen molar-refractivity contribution in [2.45, 2.75) is 32.4 Å². The first-order valence-corrected chi connectivity index (χ1v) is 11.5. The van der Waals surface area contributed by atoms with Crippen molar-refractivity contribution in [3.8, 4) is 0 Å². The van der Waals surface area contributed by atoms with Crippen LogP contribution < -0.4 is 0 Å². The molecule has 1 saturated heterocycles. The zero-order chi connectivity index (χ0) is 22.2. The van der Waals surface area contributed by atoms with E-state index in [0.29, 0.717) is 5.56 Å². The van der Waals surface area contributed by atoms with E-state index in [4.69, 9.17) is 5.11 Å². The van der Waals surface area contributed by atoms with E-state index in [2.05, 4.69) is 64.4 Å². The third-order valence-electron chi connectivity index (χ3n) is 6.26. The predicted octanol–water partition coefficient (Wildman–Crippen LogP) is 4.88. The summed E-state index contributed by atoms with van der Waals surface area (Å²) in [6, 6.07) is 27.1. The summed E-state index contributed by atoms with van der Waals surface area (Å²) in [5.74, 6) is -0.869. The Labute approximate surface area is 191 Å². The number of aryl methyl sites for hydroxylation is 2.